The van der Waals surface area contributed by atoms with Crippen LogP contribution < -0.4 is 11.1 Å². The summed E-state index contributed by atoms with van der Waals surface area (Å²) in [6.07, 6.45) is 0.613. The minimum Gasteiger partial charge on any atom is -0.359 e. The molecule has 0 saturated heterocycles. The van der Waals surface area contributed by atoms with Crippen LogP contribution in [0.25, 0.3) is 0 Å². The van der Waals surface area contributed by atoms with Crippen molar-refractivity contribution in [3.05, 3.63) is 0 Å². The van der Waals surface area contributed by atoms with Crippen molar-refractivity contribution < 1.29 is 13.2 Å². The molecule has 15 heavy (non-hydrogen) atoms. The molecule has 0 atom stereocenters. The molecule has 6 nitrogen and oxygen atoms in total. The minimum absolute atomic E-state index is 0.0355. The van der Waals surface area contributed by atoms with E-state index in [2.05, 4.69) is 5.32 Å². The summed E-state index contributed by atoms with van der Waals surface area (Å²) >= 11 is 0. The average molecular weight is 237 g/mol. The Balaban J connectivity index is 4.07. The molecule has 0 heterocycles. The van der Waals surface area contributed by atoms with Crippen molar-refractivity contribution >= 4 is 15.9 Å². The van der Waals surface area contributed by atoms with E-state index >= 15 is 0 Å². The number of amides is 1. The van der Waals surface area contributed by atoms with Gasteiger partial charge in [0.15, 0.2) is 0 Å². The van der Waals surface area contributed by atoms with Gasteiger partial charge in [-0.3, -0.25) is 4.79 Å². The van der Waals surface area contributed by atoms with Crippen LogP contribution in [0.5, 0.6) is 0 Å². The fourth-order valence-corrected chi connectivity index (χ4v) is 2.16. The van der Waals surface area contributed by atoms with Crippen molar-refractivity contribution in [1.82, 2.24) is 9.62 Å². The van der Waals surface area contributed by atoms with Crippen molar-refractivity contribution in [3.63, 3.8) is 0 Å². The third kappa shape index (κ3) is 5.71. The molecule has 0 radical (unpaired) electrons. The SMILES string of the molecule is CNC(=O)CCN(C)S(=O)(=O)CCCN. The van der Waals surface area contributed by atoms with Crippen LogP contribution in [0.15, 0.2) is 0 Å². The standard InChI is InChI=1S/C8H19N3O3S/c1-10-8(12)4-6-11(2)15(13,14)7-3-5-9/h3-7,9H2,1-2H3,(H,10,12). The fraction of sp³-hybridized carbons (Fsp3) is 0.875. The second kappa shape index (κ2) is 6.76. The number of hydrogen-bond donors (Lipinski definition) is 2. The first-order chi connectivity index (χ1) is 6.94. The smallest absolute Gasteiger partial charge is 0.221 e. The van der Waals surface area contributed by atoms with Gasteiger partial charge in [-0.05, 0) is 13.0 Å². The summed E-state index contributed by atoms with van der Waals surface area (Å²) in [5.74, 6) is -0.135. The molecule has 0 aromatic rings. The number of carbonyl (C=O) groups excluding carboxylic acids is 1. The first-order valence-corrected chi connectivity index (χ1v) is 6.39. The quantitative estimate of drug-likeness (QED) is 0.577. The van der Waals surface area contributed by atoms with Crippen molar-refractivity contribution in [2.24, 2.45) is 5.73 Å². The lowest BCUT2D eigenvalue weighted by Gasteiger charge is -2.16. The highest BCUT2D eigenvalue weighted by Gasteiger charge is 2.17. The maximum Gasteiger partial charge on any atom is 0.221 e. The third-order valence-corrected chi connectivity index (χ3v) is 3.95. The molecule has 0 spiro atoms. The van der Waals surface area contributed by atoms with E-state index in [4.69, 9.17) is 5.73 Å². The van der Waals surface area contributed by atoms with Gasteiger partial charge in [0.2, 0.25) is 15.9 Å². The van der Waals surface area contributed by atoms with Gasteiger partial charge in [0.05, 0.1) is 5.75 Å². The van der Waals surface area contributed by atoms with E-state index in [1.165, 1.54) is 18.4 Å². The summed E-state index contributed by atoms with van der Waals surface area (Å²) < 4.78 is 24.3. The van der Waals surface area contributed by atoms with Crippen LogP contribution in [0.2, 0.25) is 0 Å². The van der Waals surface area contributed by atoms with E-state index in [-0.39, 0.29) is 24.6 Å². The normalized spacial score (nSPS) is 11.7. The van der Waals surface area contributed by atoms with Crippen LogP contribution in [-0.4, -0.2) is 51.6 Å². The third-order valence-electron chi connectivity index (χ3n) is 2.01. The Kier molecular flexibility index (Phi) is 6.46. The van der Waals surface area contributed by atoms with E-state index in [1.54, 1.807) is 0 Å². The number of nitrogens with one attached hydrogen (secondary N) is 1. The Labute approximate surface area is 90.9 Å². The first kappa shape index (κ1) is 14.3. The van der Waals surface area contributed by atoms with Gasteiger partial charge in [-0.2, -0.15) is 0 Å². The van der Waals surface area contributed by atoms with Crippen molar-refractivity contribution in [2.45, 2.75) is 12.8 Å². The summed E-state index contributed by atoms with van der Waals surface area (Å²) in [5.41, 5.74) is 5.23. The Hall–Kier alpha value is -0.660. The van der Waals surface area contributed by atoms with Crippen molar-refractivity contribution in [1.29, 1.82) is 0 Å². The predicted molar refractivity (Wildman–Crippen MR) is 58.8 cm³/mol. The zero-order valence-corrected chi connectivity index (χ0v) is 10.0. The molecular weight excluding hydrogens is 218 g/mol. The lowest BCUT2D eigenvalue weighted by Crippen LogP contribution is -2.33. The van der Waals surface area contributed by atoms with Crippen LogP contribution in [0.3, 0.4) is 0 Å². The number of nitrogens with two attached hydrogens (primary N) is 1. The molecule has 0 rings (SSSR count). The minimum atomic E-state index is -3.25. The monoisotopic (exact) mass is 237 g/mol. The van der Waals surface area contributed by atoms with Gasteiger partial charge in [0.25, 0.3) is 0 Å². The molecule has 0 aliphatic heterocycles. The molecule has 0 aliphatic rings. The molecule has 0 aromatic carbocycles. The van der Waals surface area contributed by atoms with E-state index in [0.29, 0.717) is 13.0 Å². The van der Waals surface area contributed by atoms with Gasteiger partial charge in [-0.15, -0.1) is 0 Å². The van der Waals surface area contributed by atoms with Crippen molar-refractivity contribution in [3.8, 4) is 0 Å². The molecule has 0 aliphatic carbocycles. The maximum atomic E-state index is 11.5. The largest absolute Gasteiger partial charge is 0.359 e. The van der Waals surface area contributed by atoms with Crippen LogP contribution >= 0.6 is 0 Å². The van der Waals surface area contributed by atoms with Crippen LogP contribution in [-0.2, 0) is 14.8 Å². The lowest BCUT2D eigenvalue weighted by atomic mass is 10.4. The number of nitrogens with zero attached hydrogens (tertiary/aromatic N) is 1. The summed E-state index contributed by atoms with van der Waals surface area (Å²) in [7, 11) is -0.267. The van der Waals surface area contributed by atoms with E-state index < -0.39 is 10.0 Å². The average Bonchev–Trinajstić information content (AvgIpc) is 2.22. The molecule has 0 unspecified atom stereocenters. The molecule has 0 saturated carbocycles. The summed E-state index contributed by atoms with van der Waals surface area (Å²) in [5, 5.41) is 2.43. The highest BCUT2D eigenvalue weighted by atomic mass is 32.2. The van der Waals surface area contributed by atoms with E-state index in [0.717, 1.165) is 0 Å². The first-order valence-electron chi connectivity index (χ1n) is 4.78. The number of rotatable bonds is 7. The topological polar surface area (TPSA) is 92.5 Å². The van der Waals surface area contributed by atoms with Gasteiger partial charge in [0.1, 0.15) is 0 Å². The highest BCUT2D eigenvalue weighted by molar-refractivity contribution is 7.89. The van der Waals surface area contributed by atoms with Crippen LogP contribution in [0.1, 0.15) is 12.8 Å². The number of hydrogen-bond acceptors (Lipinski definition) is 4. The van der Waals surface area contributed by atoms with Gasteiger partial charge in [-0.25, -0.2) is 12.7 Å². The van der Waals surface area contributed by atoms with Crippen LogP contribution in [0, 0.1) is 0 Å². The number of carbonyl (C=O) groups is 1. The Bertz CT molecular complexity index is 290. The Morgan fingerprint density at radius 3 is 2.53 bits per heavy atom. The second-order valence-electron chi connectivity index (χ2n) is 3.20. The lowest BCUT2D eigenvalue weighted by molar-refractivity contribution is -0.120. The van der Waals surface area contributed by atoms with Gasteiger partial charge >= 0.3 is 0 Å². The maximum absolute atomic E-state index is 11.5. The molecule has 0 fully saturated rings. The Morgan fingerprint density at radius 1 is 1.47 bits per heavy atom. The van der Waals surface area contributed by atoms with E-state index in [9.17, 15) is 13.2 Å². The van der Waals surface area contributed by atoms with Crippen LogP contribution in [0.4, 0.5) is 0 Å². The summed E-state index contributed by atoms with van der Waals surface area (Å²) in [6.45, 7) is 0.551. The fourth-order valence-electron chi connectivity index (χ4n) is 0.945. The summed E-state index contributed by atoms with van der Waals surface area (Å²) in [6, 6.07) is 0. The van der Waals surface area contributed by atoms with Crippen molar-refractivity contribution in [2.75, 3.05) is 32.9 Å². The van der Waals surface area contributed by atoms with Gasteiger partial charge < -0.3 is 11.1 Å². The zero-order valence-electron chi connectivity index (χ0n) is 9.19. The molecule has 1 amide bonds. The Morgan fingerprint density at radius 2 is 2.07 bits per heavy atom. The zero-order chi connectivity index (χ0) is 11.9. The molecule has 0 bridgehead atoms. The predicted octanol–water partition coefficient (Wildman–Crippen LogP) is -1.27. The highest BCUT2D eigenvalue weighted by Crippen LogP contribution is 2.00. The molecular formula is C8H19N3O3S. The second-order valence-corrected chi connectivity index (χ2v) is 5.40. The molecule has 7 heteroatoms. The molecule has 0 aromatic heterocycles. The number of sulfonamides is 1. The molecule has 3 N–H and O–H groups in total. The summed E-state index contributed by atoms with van der Waals surface area (Å²) in [4.78, 5) is 10.9. The van der Waals surface area contributed by atoms with Gasteiger partial charge in [-0.1, -0.05) is 0 Å². The van der Waals surface area contributed by atoms with E-state index in [1.807, 2.05) is 0 Å². The molecule has 90 valence electrons. The van der Waals surface area contributed by atoms with Gasteiger partial charge in [0, 0.05) is 27.1 Å².